The molecule has 0 fully saturated rings. The fourth-order valence-corrected chi connectivity index (χ4v) is 3.36. The summed E-state index contributed by atoms with van der Waals surface area (Å²) in [7, 11) is 0.604. The molecule has 0 aromatic carbocycles. The molecule has 17 heavy (non-hydrogen) atoms. The normalized spacial score (nSPS) is 14.9. The molecule has 6 heteroatoms. The van der Waals surface area contributed by atoms with Crippen molar-refractivity contribution in [3.05, 3.63) is 0 Å². The number of hydrogen-bond donors (Lipinski definition) is 0. The highest BCUT2D eigenvalue weighted by Crippen LogP contribution is 2.12. The van der Waals surface area contributed by atoms with Crippen LogP contribution in [0, 0.1) is 5.92 Å². The Bertz CT molecular complexity index is 305. The Morgan fingerprint density at radius 2 is 1.65 bits per heavy atom. The second kappa shape index (κ2) is 7.56. The lowest BCUT2D eigenvalue weighted by Crippen LogP contribution is -2.43. The Morgan fingerprint density at radius 3 is 2.00 bits per heavy atom. The highest BCUT2D eigenvalue weighted by Gasteiger charge is 2.28. The van der Waals surface area contributed by atoms with Crippen LogP contribution in [0.5, 0.6) is 0 Å². The van der Waals surface area contributed by atoms with Crippen LogP contribution in [-0.2, 0) is 10.0 Å². The standard InChI is InChI=1S/C11H25ClN2O2S/c1-10(2)9-14(7-6-13(4)5)17(15,16)11(3)8-12/h10-11H,6-9H2,1-5H3. The highest BCUT2D eigenvalue weighted by atomic mass is 35.5. The van der Waals surface area contributed by atoms with Gasteiger partial charge in [0.05, 0.1) is 5.25 Å². The van der Waals surface area contributed by atoms with Gasteiger partial charge in [-0.1, -0.05) is 13.8 Å². The molecule has 0 aliphatic heterocycles. The zero-order valence-corrected chi connectivity index (χ0v) is 13.1. The van der Waals surface area contributed by atoms with Crippen molar-refractivity contribution in [2.24, 2.45) is 5.92 Å². The maximum Gasteiger partial charge on any atom is 0.217 e. The van der Waals surface area contributed by atoms with E-state index in [1.807, 2.05) is 32.8 Å². The highest BCUT2D eigenvalue weighted by molar-refractivity contribution is 7.89. The summed E-state index contributed by atoms with van der Waals surface area (Å²) >= 11 is 5.66. The lowest BCUT2D eigenvalue weighted by Gasteiger charge is -2.27. The van der Waals surface area contributed by atoms with Gasteiger partial charge in [0.2, 0.25) is 10.0 Å². The smallest absolute Gasteiger partial charge is 0.217 e. The molecule has 0 aromatic heterocycles. The summed E-state index contributed by atoms with van der Waals surface area (Å²) in [5.41, 5.74) is 0. The third kappa shape index (κ3) is 6.04. The molecule has 104 valence electrons. The van der Waals surface area contributed by atoms with Crippen LogP contribution < -0.4 is 0 Å². The van der Waals surface area contributed by atoms with Crippen LogP contribution in [0.4, 0.5) is 0 Å². The molecular weight excluding hydrogens is 260 g/mol. The van der Waals surface area contributed by atoms with E-state index in [4.69, 9.17) is 11.6 Å². The topological polar surface area (TPSA) is 40.6 Å². The van der Waals surface area contributed by atoms with Crippen LogP contribution in [0.25, 0.3) is 0 Å². The van der Waals surface area contributed by atoms with Crippen molar-refractivity contribution >= 4 is 21.6 Å². The van der Waals surface area contributed by atoms with Gasteiger partial charge < -0.3 is 4.90 Å². The van der Waals surface area contributed by atoms with Crippen LogP contribution in [-0.4, -0.2) is 62.5 Å². The molecule has 1 atom stereocenters. The Balaban J connectivity index is 4.78. The van der Waals surface area contributed by atoms with Gasteiger partial charge in [0.15, 0.2) is 0 Å². The summed E-state index contributed by atoms with van der Waals surface area (Å²) in [5, 5.41) is -0.523. The van der Waals surface area contributed by atoms with Gasteiger partial charge in [-0.3, -0.25) is 0 Å². The zero-order chi connectivity index (χ0) is 13.6. The van der Waals surface area contributed by atoms with E-state index >= 15 is 0 Å². The van der Waals surface area contributed by atoms with E-state index in [0.717, 1.165) is 6.54 Å². The van der Waals surface area contributed by atoms with E-state index in [0.29, 0.717) is 19.0 Å². The Morgan fingerprint density at radius 1 is 1.12 bits per heavy atom. The number of hydrogen-bond acceptors (Lipinski definition) is 3. The predicted molar refractivity (Wildman–Crippen MR) is 74.1 cm³/mol. The second-order valence-electron chi connectivity index (χ2n) is 5.07. The summed E-state index contributed by atoms with van der Waals surface area (Å²) in [5.74, 6) is 0.452. The van der Waals surface area contributed by atoms with Crippen molar-refractivity contribution in [3.8, 4) is 0 Å². The van der Waals surface area contributed by atoms with Crippen molar-refractivity contribution in [1.82, 2.24) is 9.21 Å². The monoisotopic (exact) mass is 284 g/mol. The molecule has 4 nitrogen and oxygen atoms in total. The molecule has 0 saturated heterocycles. The number of halogens is 1. The van der Waals surface area contributed by atoms with Gasteiger partial charge in [-0.25, -0.2) is 12.7 Å². The van der Waals surface area contributed by atoms with Crippen molar-refractivity contribution in [1.29, 1.82) is 0 Å². The second-order valence-corrected chi connectivity index (χ2v) is 7.72. The summed E-state index contributed by atoms with van der Waals surface area (Å²) in [6, 6.07) is 0. The maximum atomic E-state index is 12.2. The molecule has 0 heterocycles. The Labute approximate surface area is 111 Å². The molecule has 0 bridgehead atoms. The quantitative estimate of drug-likeness (QED) is 0.634. The third-order valence-corrected chi connectivity index (χ3v) is 5.33. The van der Waals surface area contributed by atoms with Crippen LogP contribution in [0.2, 0.25) is 0 Å². The fourth-order valence-electron chi connectivity index (χ4n) is 1.38. The van der Waals surface area contributed by atoms with E-state index in [2.05, 4.69) is 0 Å². The van der Waals surface area contributed by atoms with Crippen LogP contribution in [0.1, 0.15) is 20.8 Å². The summed E-state index contributed by atoms with van der Waals surface area (Å²) in [4.78, 5) is 1.98. The molecular formula is C11H25ClN2O2S. The Hall–Kier alpha value is 0.160. The van der Waals surface area contributed by atoms with Crippen molar-refractivity contribution in [3.63, 3.8) is 0 Å². The van der Waals surface area contributed by atoms with Gasteiger partial charge in [-0.2, -0.15) is 0 Å². The largest absolute Gasteiger partial charge is 0.308 e. The third-order valence-electron chi connectivity index (χ3n) is 2.45. The van der Waals surface area contributed by atoms with E-state index in [1.165, 1.54) is 0 Å². The molecule has 0 aliphatic rings. The number of nitrogens with zero attached hydrogens (tertiary/aromatic N) is 2. The van der Waals surface area contributed by atoms with E-state index < -0.39 is 15.3 Å². The molecule has 0 rings (SSSR count). The van der Waals surface area contributed by atoms with Gasteiger partial charge in [0.25, 0.3) is 0 Å². The van der Waals surface area contributed by atoms with E-state index in [9.17, 15) is 8.42 Å². The van der Waals surface area contributed by atoms with Gasteiger partial charge >= 0.3 is 0 Å². The minimum atomic E-state index is -3.27. The summed E-state index contributed by atoms with van der Waals surface area (Å²) in [6.07, 6.45) is 0. The van der Waals surface area contributed by atoms with Gasteiger partial charge in [-0.05, 0) is 26.9 Å². The fraction of sp³-hybridized carbons (Fsp3) is 1.00. The minimum absolute atomic E-state index is 0.138. The zero-order valence-electron chi connectivity index (χ0n) is 11.5. The van der Waals surface area contributed by atoms with Crippen molar-refractivity contribution in [2.45, 2.75) is 26.0 Å². The summed E-state index contributed by atoms with van der Waals surface area (Å²) < 4.78 is 26.0. The molecule has 0 N–H and O–H groups in total. The number of alkyl halides is 1. The first kappa shape index (κ1) is 17.2. The summed E-state index contributed by atoms with van der Waals surface area (Å²) in [6.45, 7) is 7.49. The first-order valence-corrected chi connectivity index (χ1v) is 7.95. The van der Waals surface area contributed by atoms with Gasteiger partial charge in [0.1, 0.15) is 0 Å². The molecule has 0 spiro atoms. The van der Waals surface area contributed by atoms with Gasteiger partial charge in [0, 0.05) is 25.5 Å². The number of likely N-dealkylation sites (N-methyl/N-ethyl adjacent to an activating group) is 1. The van der Waals surface area contributed by atoms with Gasteiger partial charge in [-0.15, -0.1) is 11.6 Å². The number of sulfonamides is 1. The lowest BCUT2D eigenvalue weighted by atomic mass is 10.2. The average molecular weight is 285 g/mol. The number of rotatable bonds is 8. The van der Waals surface area contributed by atoms with Crippen LogP contribution in [0.15, 0.2) is 0 Å². The van der Waals surface area contributed by atoms with Crippen LogP contribution >= 0.6 is 11.6 Å². The maximum absolute atomic E-state index is 12.2. The minimum Gasteiger partial charge on any atom is -0.308 e. The predicted octanol–water partition coefficient (Wildman–Crippen LogP) is 1.46. The molecule has 0 aromatic rings. The molecule has 1 unspecified atom stereocenters. The molecule has 0 radical (unpaired) electrons. The van der Waals surface area contributed by atoms with E-state index in [1.54, 1.807) is 11.2 Å². The van der Waals surface area contributed by atoms with Crippen molar-refractivity contribution in [2.75, 3.05) is 39.6 Å². The van der Waals surface area contributed by atoms with E-state index in [-0.39, 0.29) is 5.88 Å². The van der Waals surface area contributed by atoms with Crippen LogP contribution in [0.3, 0.4) is 0 Å². The Kier molecular flexibility index (Phi) is 7.63. The first-order valence-electron chi connectivity index (χ1n) is 5.91. The SMILES string of the molecule is CC(C)CN(CCN(C)C)S(=O)(=O)C(C)CCl. The average Bonchev–Trinajstić information content (AvgIpc) is 2.21. The molecule has 0 aliphatic carbocycles. The van der Waals surface area contributed by atoms with Crippen molar-refractivity contribution < 1.29 is 8.42 Å². The molecule has 0 saturated carbocycles. The lowest BCUT2D eigenvalue weighted by molar-refractivity contribution is 0.311. The molecule has 0 amide bonds. The first-order chi connectivity index (χ1) is 7.71.